The van der Waals surface area contributed by atoms with Gasteiger partial charge in [-0.05, 0) is 88.4 Å². The third-order valence-corrected chi connectivity index (χ3v) is 11.2. The molecule has 1 aliphatic rings. The fourth-order valence-corrected chi connectivity index (χ4v) is 7.80. The summed E-state index contributed by atoms with van der Waals surface area (Å²) in [6, 6.07) is 26.7. The van der Waals surface area contributed by atoms with E-state index in [1.165, 1.54) is 24.3 Å². The number of nitrogens with one attached hydrogen (secondary N) is 3. The van der Waals surface area contributed by atoms with Gasteiger partial charge in [0.05, 0.1) is 9.82 Å². The number of rotatable bonds is 15. The van der Waals surface area contributed by atoms with Gasteiger partial charge in [0.15, 0.2) is 0 Å². The highest BCUT2D eigenvalue weighted by Gasteiger charge is 2.26. The van der Waals surface area contributed by atoms with Crippen molar-refractivity contribution >= 4 is 64.0 Å². The number of sulfonamides is 1. The van der Waals surface area contributed by atoms with Crippen molar-refractivity contribution in [3.05, 3.63) is 118 Å². The van der Waals surface area contributed by atoms with Crippen LogP contribution >= 0.6 is 11.8 Å². The second kappa shape index (κ2) is 17.6. The number of nitrogens with zero attached hydrogens (tertiary/aromatic N) is 3. The lowest BCUT2D eigenvalue weighted by Crippen LogP contribution is -2.45. The molecule has 1 saturated heterocycles. The Balaban J connectivity index is 1.19. The maximum absolute atomic E-state index is 13.3. The summed E-state index contributed by atoms with van der Waals surface area (Å²) in [5, 5.41) is 18.4. The predicted molar refractivity (Wildman–Crippen MR) is 206 cm³/mol. The molecule has 0 spiro atoms. The number of nitro groups is 1. The van der Waals surface area contributed by atoms with Gasteiger partial charge in [0.25, 0.3) is 27.5 Å². The van der Waals surface area contributed by atoms with Gasteiger partial charge in [-0.2, -0.15) is 0 Å². The lowest BCUT2D eigenvalue weighted by atomic mass is 9.90. The van der Waals surface area contributed by atoms with Gasteiger partial charge in [0.1, 0.15) is 13.5 Å². The van der Waals surface area contributed by atoms with E-state index in [1.54, 1.807) is 48.2 Å². The van der Waals surface area contributed by atoms with Crippen molar-refractivity contribution in [2.24, 2.45) is 0 Å². The first-order valence-corrected chi connectivity index (χ1v) is 19.3. The Morgan fingerprint density at radius 2 is 1.63 bits per heavy atom. The normalized spacial score (nSPS) is 14.1. The van der Waals surface area contributed by atoms with E-state index in [2.05, 4.69) is 15.5 Å². The predicted octanol–water partition coefficient (Wildman–Crippen LogP) is 4.43. The first kappa shape index (κ1) is 38.4. The van der Waals surface area contributed by atoms with Crippen LogP contribution in [0.25, 0.3) is 0 Å². The molecule has 15 heteroatoms. The largest absolute Gasteiger partial charge is 0.376 e. The van der Waals surface area contributed by atoms with Crippen LogP contribution in [0.2, 0.25) is 0 Å². The molecule has 4 aromatic carbocycles. The number of hydrogen-bond acceptors (Lipinski definition) is 10. The summed E-state index contributed by atoms with van der Waals surface area (Å²) in [4.78, 5) is 42.0. The molecule has 270 valence electrons. The maximum atomic E-state index is 13.3. The zero-order chi connectivity index (χ0) is 37.3. The molecule has 1 aliphatic heterocycles. The number of benzene rings is 4. The van der Waals surface area contributed by atoms with E-state index in [-0.39, 0.29) is 29.2 Å². The van der Waals surface area contributed by atoms with Crippen molar-refractivity contribution in [1.82, 2.24) is 14.9 Å². The Kier molecular flexibility index (Phi) is 13.0. The highest BCUT2D eigenvalue weighted by molar-refractivity contribution is 7.99. The van der Waals surface area contributed by atoms with Gasteiger partial charge in [-0.15, -0.1) is 11.8 Å². The minimum Gasteiger partial charge on any atom is -0.376 e. The van der Waals surface area contributed by atoms with E-state index < -0.39 is 31.4 Å². The number of thioether (sulfide) groups is 1. The van der Waals surface area contributed by atoms with Crippen LogP contribution in [0.4, 0.5) is 17.1 Å². The summed E-state index contributed by atoms with van der Waals surface area (Å²) in [6.07, 6.45) is 2.12. The molecule has 12 nitrogen and oxygen atoms in total. The second-order valence-corrected chi connectivity index (χ2v) is 15.6. The Bertz CT molecular complexity index is 1970. The number of nitro benzene ring substituents is 1. The highest BCUT2D eigenvalue weighted by atomic mass is 32.2. The SMILES string of the molecule is [B]c1ccccc1C(=O)NC1CCN(c2ccc(C(=O)NS(=O)(=O)c3ccc(N[C@H](CCN(C)C)CSc4ccccc4)c([N+](=O)[O-])c3)cc2)CC1. The second-order valence-electron chi connectivity index (χ2n) is 12.8. The molecule has 1 atom stereocenters. The zero-order valence-corrected chi connectivity index (χ0v) is 30.7. The molecule has 0 saturated carbocycles. The minimum atomic E-state index is -4.44. The van der Waals surface area contributed by atoms with Crippen LogP contribution in [0.15, 0.2) is 107 Å². The molecule has 4 aromatic rings. The molecule has 2 radical (unpaired) electrons. The molecule has 0 bridgehead atoms. The maximum Gasteiger partial charge on any atom is 0.293 e. The summed E-state index contributed by atoms with van der Waals surface area (Å²) in [5.41, 5.74) is 1.61. The zero-order valence-electron chi connectivity index (χ0n) is 29.0. The van der Waals surface area contributed by atoms with E-state index in [9.17, 15) is 28.1 Å². The number of anilines is 2. The molecule has 1 heterocycles. The molecular weight excluding hydrogens is 699 g/mol. The first-order chi connectivity index (χ1) is 24.9. The Hall–Kier alpha value is -4.86. The quantitative estimate of drug-likeness (QED) is 0.0691. The standard InChI is InChI=1S/C37H41BN6O6S2/c1-42(2)21-18-28(25-51-30-8-4-3-5-9-30)39-34-17-16-31(24-35(34)44(47)48)52(49,50)41-36(45)26-12-14-29(15-13-26)43-22-19-27(20-23-43)40-37(46)32-10-6-7-11-33(32)38/h3-17,24,27-28,39H,18-23,25H2,1-2H3,(H,40,46)(H,41,45)/t28-/m1/s1. The molecule has 0 unspecified atom stereocenters. The van der Waals surface area contributed by atoms with Crippen molar-refractivity contribution in [3.8, 4) is 0 Å². The van der Waals surface area contributed by atoms with Crippen LogP contribution in [-0.2, 0) is 10.0 Å². The number of piperidine rings is 1. The van der Waals surface area contributed by atoms with Gasteiger partial charge in [0, 0.05) is 58.7 Å². The van der Waals surface area contributed by atoms with Crippen LogP contribution in [0.1, 0.15) is 40.0 Å². The van der Waals surface area contributed by atoms with Crippen LogP contribution in [0.5, 0.6) is 0 Å². The summed E-state index contributed by atoms with van der Waals surface area (Å²) in [5.74, 6) is -0.438. The lowest BCUT2D eigenvalue weighted by Gasteiger charge is -2.34. The third kappa shape index (κ3) is 10.4. The van der Waals surface area contributed by atoms with E-state index in [0.29, 0.717) is 49.1 Å². The Labute approximate surface area is 310 Å². The molecule has 2 amide bonds. The fraction of sp³-hybridized carbons (Fsp3) is 0.297. The topological polar surface area (TPSA) is 154 Å². The van der Waals surface area contributed by atoms with E-state index in [4.69, 9.17) is 7.85 Å². The Morgan fingerprint density at radius 1 is 0.962 bits per heavy atom. The summed E-state index contributed by atoms with van der Waals surface area (Å²) in [7, 11) is 5.39. The molecule has 1 fully saturated rings. The van der Waals surface area contributed by atoms with E-state index >= 15 is 0 Å². The van der Waals surface area contributed by atoms with Gasteiger partial charge in [-0.3, -0.25) is 19.7 Å². The van der Waals surface area contributed by atoms with Crippen molar-refractivity contribution in [2.75, 3.05) is 49.7 Å². The number of carbonyl (C=O) groups is 2. The summed E-state index contributed by atoms with van der Waals surface area (Å²) < 4.78 is 28.6. The van der Waals surface area contributed by atoms with Gasteiger partial charge >= 0.3 is 0 Å². The van der Waals surface area contributed by atoms with Crippen LogP contribution in [0, 0.1) is 10.1 Å². The first-order valence-electron chi connectivity index (χ1n) is 16.8. The van der Waals surface area contributed by atoms with Gasteiger partial charge in [0.2, 0.25) is 0 Å². The van der Waals surface area contributed by atoms with E-state index in [1.807, 2.05) is 54.0 Å². The van der Waals surface area contributed by atoms with Crippen LogP contribution < -0.4 is 25.7 Å². The molecule has 3 N–H and O–H groups in total. The van der Waals surface area contributed by atoms with Crippen molar-refractivity contribution in [2.45, 2.75) is 41.1 Å². The van der Waals surface area contributed by atoms with Gasteiger partial charge in [-0.1, -0.05) is 47.9 Å². The van der Waals surface area contributed by atoms with E-state index in [0.717, 1.165) is 23.2 Å². The van der Waals surface area contributed by atoms with Crippen molar-refractivity contribution < 1.29 is 22.9 Å². The third-order valence-electron chi connectivity index (χ3n) is 8.71. The number of carbonyl (C=O) groups excluding carboxylic acids is 2. The number of hydrogen-bond donors (Lipinski definition) is 3. The monoisotopic (exact) mass is 740 g/mol. The molecular formula is C37H41BN6O6S2. The molecule has 5 rings (SSSR count). The Morgan fingerprint density at radius 3 is 2.29 bits per heavy atom. The molecule has 0 aliphatic carbocycles. The summed E-state index contributed by atoms with van der Waals surface area (Å²) in [6.45, 7) is 2.08. The smallest absolute Gasteiger partial charge is 0.293 e. The highest BCUT2D eigenvalue weighted by Crippen LogP contribution is 2.30. The van der Waals surface area contributed by atoms with Crippen molar-refractivity contribution in [1.29, 1.82) is 0 Å². The average molecular weight is 741 g/mol. The lowest BCUT2D eigenvalue weighted by molar-refractivity contribution is -0.384. The fourth-order valence-electron chi connectivity index (χ4n) is 5.81. The minimum absolute atomic E-state index is 0.0116. The van der Waals surface area contributed by atoms with Gasteiger partial charge < -0.3 is 20.4 Å². The van der Waals surface area contributed by atoms with Crippen LogP contribution in [-0.4, -0.2) is 89.5 Å². The van der Waals surface area contributed by atoms with Gasteiger partial charge in [-0.25, -0.2) is 13.1 Å². The van der Waals surface area contributed by atoms with Crippen LogP contribution in [0.3, 0.4) is 0 Å². The average Bonchev–Trinajstić information content (AvgIpc) is 3.13. The summed E-state index contributed by atoms with van der Waals surface area (Å²) >= 11 is 1.62. The molecule has 52 heavy (non-hydrogen) atoms. The molecule has 0 aromatic heterocycles. The van der Waals surface area contributed by atoms with Crippen molar-refractivity contribution in [3.63, 3.8) is 0 Å². The number of amides is 2.